The van der Waals surface area contributed by atoms with E-state index >= 15 is 0 Å². The fraction of sp³-hybridized carbons (Fsp3) is 0.533. The van der Waals surface area contributed by atoms with Crippen molar-refractivity contribution in [2.45, 2.75) is 33.1 Å². The fourth-order valence-electron chi connectivity index (χ4n) is 1.75. The third-order valence-corrected chi connectivity index (χ3v) is 3.75. The molecular formula is C15H22ClNO. The molecule has 0 fully saturated rings. The number of rotatable bonds is 6. The van der Waals surface area contributed by atoms with Crippen molar-refractivity contribution in [2.24, 2.45) is 5.41 Å². The van der Waals surface area contributed by atoms with Gasteiger partial charge in [-0.15, -0.1) is 11.6 Å². The number of amides is 1. The number of benzene rings is 1. The van der Waals surface area contributed by atoms with Gasteiger partial charge in [-0.2, -0.15) is 0 Å². The molecule has 0 aliphatic heterocycles. The summed E-state index contributed by atoms with van der Waals surface area (Å²) in [5.41, 5.74) is 1.01. The fourth-order valence-corrected chi connectivity index (χ4v) is 1.85. The Balaban J connectivity index is 2.64. The molecule has 0 heterocycles. The minimum atomic E-state index is -0.0719. The van der Waals surface area contributed by atoms with Crippen molar-refractivity contribution in [3.63, 3.8) is 0 Å². The molecule has 18 heavy (non-hydrogen) atoms. The molecule has 100 valence electrons. The van der Waals surface area contributed by atoms with Crippen molar-refractivity contribution in [1.82, 2.24) is 5.32 Å². The Morgan fingerprint density at radius 3 is 2.44 bits per heavy atom. The standard InChI is InChI=1S/C15H22ClNO/c1-4-13(12-8-6-5-7-9-12)14(18)17-11-15(2,3)10-16/h5-9,13H,4,10-11H2,1-3H3,(H,17,18). The highest BCUT2D eigenvalue weighted by Gasteiger charge is 2.22. The second kappa shape index (κ2) is 6.79. The number of hydrogen-bond donors (Lipinski definition) is 1. The molecule has 0 saturated heterocycles. The summed E-state index contributed by atoms with van der Waals surface area (Å²) in [7, 11) is 0. The van der Waals surface area contributed by atoms with Crippen molar-refractivity contribution >= 4 is 17.5 Å². The van der Waals surface area contributed by atoms with Crippen LogP contribution in [0.4, 0.5) is 0 Å². The largest absolute Gasteiger partial charge is 0.355 e. The Kier molecular flexibility index (Phi) is 5.67. The van der Waals surface area contributed by atoms with E-state index in [1.807, 2.05) is 51.1 Å². The van der Waals surface area contributed by atoms with E-state index in [0.29, 0.717) is 12.4 Å². The highest BCUT2D eigenvalue weighted by Crippen LogP contribution is 2.20. The second-order valence-corrected chi connectivity index (χ2v) is 5.65. The van der Waals surface area contributed by atoms with Gasteiger partial charge in [0.05, 0.1) is 5.92 Å². The summed E-state index contributed by atoms with van der Waals surface area (Å²) in [4.78, 5) is 12.2. The number of carbonyl (C=O) groups excluding carboxylic acids is 1. The maximum Gasteiger partial charge on any atom is 0.227 e. The lowest BCUT2D eigenvalue weighted by molar-refractivity contribution is -0.123. The highest BCUT2D eigenvalue weighted by atomic mass is 35.5. The molecule has 1 unspecified atom stereocenters. The van der Waals surface area contributed by atoms with Crippen LogP contribution in [0.2, 0.25) is 0 Å². The lowest BCUT2D eigenvalue weighted by atomic mass is 9.93. The Morgan fingerprint density at radius 1 is 1.33 bits per heavy atom. The first-order valence-electron chi connectivity index (χ1n) is 6.39. The van der Waals surface area contributed by atoms with E-state index < -0.39 is 0 Å². The van der Waals surface area contributed by atoms with Crippen LogP contribution in [-0.4, -0.2) is 18.3 Å². The van der Waals surface area contributed by atoms with Gasteiger partial charge < -0.3 is 5.32 Å². The quantitative estimate of drug-likeness (QED) is 0.785. The zero-order valence-corrected chi connectivity index (χ0v) is 12.1. The molecule has 2 nitrogen and oxygen atoms in total. The van der Waals surface area contributed by atoms with Crippen molar-refractivity contribution in [2.75, 3.05) is 12.4 Å². The lowest BCUT2D eigenvalue weighted by Gasteiger charge is -2.23. The highest BCUT2D eigenvalue weighted by molar-refractivity contribution is 6.18. The van der Waals surface area contributed by atoms with Gasteiger partial charge in [0.15, 0.2) is 0 Å². The van der Waals surface area contributed by atoms with Crippen LogP contribution in [0.1, 0.15) is 38.7 Å². The smallest absolute Gasteiger partial charge is 0.227 e. The minimum absolute atomic E-state index is 0.0633. The summed E-state index contributed by atoms with van der Waals surface area (Å²) in [6, 6.07) is 9.90. The monoisotopic (exact) mass is 267 g/mol. The van der Waals surface area contributed by atoms with Crippen molar-refractivity contribution in [3.8, 4) is 0 Å². The molecule has 0 aliphatic rings. The molecule has 0 saturated carbocycles. The summed E-state index contributed by atoms with van der Waals surface area (Å²) < 4.78 is 0. The SMILES string of the molecule is CCC(C(=O)NCC(C)(C)CCl)c1ccccc1. The molecule has 1 atom stereocenters. The van der Waals surface area contributed by atoms with Gasteiger partial charge in [0.25, 0.3) is 0 Å². The summed E-state index contributed by atoms with van der Waals surface area (Å²) in [5, 5.41) is 3.00. The predicted molar refractivity (Wildman–Crippen MR) is 77.0 cm³/mol. The van der Waals surface area contributed by atoms with Crippen LogP contribution in [0.5, 0.6) is 0 Å². The molecule has 1 rings (SSSR count). The van der Waals surface area contributed by atoms with Crippen LogP contribution in [0.15, 0.2) is 30.3 Å². The molecule has 0 bridgehead atoms. The zero-order valence-electron chi connectivity index (χ0n) is 11.4. The van der Waals surface area contributed by atoms with Crippen molar-refractivity contribution in [1.29, 1.82) is 0 Å². The number of alkyl halides is 1. The molecule has 1 N–H and O–H groups in total. The normalized spacial score (nSPS) is 13.1. The summed E-state index contributed by atoms with van der Waals surface area (Å²) >= 11 is 5.86. The minimum Gasteiger partial charge on any atom is -0.355 e. The van der Waals surface area contributed by atoms with E-state index in [2.05, 4.69) is 5.32 Å². The Labute approximate surface area is 115 Å². The first-order valence-corrected chi connectivity index (χ1v) is 6.92. The molecular weight excluding hydrogens is 246 g/mol. The van der Waals surface area contributed by atoms with E-state index in [-0.39, 0.29) is 17.2 Å². The Bertz CT molecular complexity index is 375. The molecule has 0 aromatic heterocycles. The Hall–Kier alpha value is -1.02. The van der Waals surface area contributed by atoms with Crippen LogP contribution < -0.4 is 5.32 Å². The summed E-state index contributed by atoms with van der Waals surface area (Å²) in [5.74, 6) is 0.550. The third kappa shape index (κ3) is 4.34. The van der Waals surface area contributed by atoms with Gasteiger partial charge in [-0.25, -0.2) is 0 Å². The maximum atomic E-state index is 12.2. The van der Waals surface area contributed by atoms with Gasteiger partial charge in [-0.05, 0) is 17.4 Å². The average molecular weight is 268 g/mol. The van der Waals surface area contributed by atoms with E-state index in [1.165, 1.54) is 0 Å². The van der Waals surface area contributed by atoms with Crippen LogP contribution in [0.25, 0.3) is 0 Å². The van der Waals surface area contributed by atoms with Crippen LogP contribution in [0.3, 0.4) is 0 Å². The van der Waals surface area contributed by atoms with E-state index in [9.17, 15) is 4.79 Å². The van der Waals surface area contributed by atoms with E-state index in [1.54, 1.807) is 0 Å². The molecule has 0 radical (unpaired) electrons. The Morgan fingerprint density at radius 2 is 1.94 bits per heavy atom. The molecule has 0 spiro atoms. The van der Waals surface area contributed by atoms with Gasteiger partial charge >= 0.3 is 0 Å². The first-order chi connectivity index (χ1) is 8.50. The molecule has 1 aromatic rings. The van der Waals surface area contributed by atoms with Crippen LogP contribution in [-0.2, 0) is 4.79 Å². The molecule has 1 amide bonds. The number of halogens is 1. The van der Waals surface area contributed by atoms with E-state index in [0.717, 1.165) is 12.0 Å². The van der Waals surface area contributed by atoms with Gasteiger partial charge in [0.2, 0.25) is 5.91 Å². The third-order valence-electron chi connectivity index (χ3n) is 3.03. The zero-order chi connectivity index (χ0) is 13.6. The van der Waals surface area contributed by atoms with Gasteiger partial charge in [-0.3, -0.25) is 4.79 Å². The van der Waals surface area contributed by atoms with E-state index in [4.69, 9.17) is 11.6 Å². The summed E-state index contributed by atoms with van der Waals surface area (Å²) in [6.07, 6.45) is 0.803. The maximum absolute atomic E-state index is 12.2. The van der Waals surface area contributed by atoms with Gasteiger partial charge in [-0.1, -0.05) is 51.1 Å². The topological polar surface area (TPSA) is 29.1 Å². The van der Waals surface area contributed by atoms with Crippen LogP contribution in [0, 0.1) is 5.41 Å². The first kappa shape index (κ1) is 15.0. The number of carbonyl (C=O) groups is 1. The summed E-state index contributed by atoms with van der Waals surface area (Å²) in [6.45, 7) is 6.73. The van der Waals surface area contributed by atoms with Gasteiger partial charge in [0, 0.05) is 12.4 Å². The molecule has 0 aliphatic carbocycles. The van der Waals surface area contributed by atoms with Crippen molar-refractivity contribution in [3.05, 3.63) is 35.9 Å². The lowest BCUT2D eigenvalue weighted by Crippen LogP contribution is -2.37. The van der Waals surface area contributed by atoms with Crippen molar-refractivity contribution < 1.29 is 4.79 Å². The van der Waals surface area contributed by atoms with Gasteiger partial charge in [0.1, 0.15) is 0 Å². The predicted octanol–water partition coefficient (Wildman–Crippen LogP) is 3.56. The number of nitrogens with one attached hydrogen (secondary N) is 1. The average Bonchev–Trinajstić information content (AvgIpc) is 2.39. The van der Waals surface area contributed by atoms with Crippen LogP contribution >= 0.6 is 11.6 Å². The second-order valence-electron chi connectivity index (χ2n) is 5.39. The molecule has 1 aromatic carbocycles. The number of hydrogen-bond acceptors (Lipinski definition) is 1. The molecule has 3 heteroatoms.